The Morgan fingerprint density at radius 2 is 1.03 bits per heavy atom. The number of fused-ring (bicyclic) bond motifs is 8. The van der Waals surface area contributed by atoms with Crippen molar-refractivity contribution in [2.75, 3.05) is 70.3 Å². The van der Waals surface area contributed by atoms with Crippen LogP contribution in [0.5, 0.6) is 0 Å². The number of aromatic nitrogens is 15. The van der Waals surface area contributed by atoms with E-state index < -0.39 is 0 Å². The number of carbonyl (C=O) groups excluding carboxylic acids is 2. The zero-order valence-corrected chi connectivity index (χ0v) is 73.0. The Bertz CT molecular complexity index is 6400. The molecule has 4 aliphatic heterocycles. The zero-order valence-electron chi connectivity index (χ0n) is 68.9. The number of hydrogen-bond acceptors (Lipinski definition) is 28. The lowest BCUT2D eigenvalue weighted by Gasteiger charge is -2.34. The Kier molecular flexibility index (Phi) is 25.4. The van der Waals surface area contributed by atoms with Gasteiger partial charge in [-0.15, -0.1) is 56.7 Å². The molecule has 16 aromatic rings. The van der Waals surface area contributed by atoms with Gasteiger partial charge in [0.15, 0.2) is 0 Å². The van der Waals surface area contributed by atoms with E-state index in [1.807, 2.05) is 50.8 Å². The number of likely N-dealkylation sites (tertiary alicyclic amines) is 2. The summed E-state index contributed by atoms with van der Waals surface area (Å²) in [4.78, 5) is 96.2. The van der Waals surface area contributed by atoms with Crippen LogP contribution in [0.2, 0.25) is 0 Å². The second-order valence-corrected chi connectivity index (χ2v) is 36.1. The molecule has 626 valence electrons. The summed E-state index contributed by atoms with van der Waals surface area (Å²) in [6.45, 7) is 10.2. The SMILES string of the molecule is CC(Nc1ncnc2sccc12)c1ccccn1.CC1c2ccsc2CCN1c1ncnc2sccc12.Cn1nccc1C(=O)N1CCC(Nc2ncnc3c2CCC3)C1.N#Cc1ccc(C(=O)N2CCC(Nc3ncnc4c3CCC4)C2)cc1.c1ccc(C(Nc2ncnc3sccc23)C2CC2)cc1.c1ccc2c(c1)CCN(c1ncnc3sccc13)C2. The van der Waals surface area contributed by atoms with E-state index in [4.69, 9.17) is 5.26 Å². The van der Waals surface area contributed by atoms with Crippen molar-refractivity contribution < 1.29 is 9.59 Å². The van der Waals surface area contributed by atoms with Crippen molar-refractivity contribution in [3.63, 3.8) is 0 Å². The van der Waals surface area contributed by atoms with Gasteiger partial charge in [-0.2, -0.15) is 10.4 Å². The fourth-order valence-corrected chi connectivity index (χ4v) is 20.9. The molecule has 2 amide bonds. The van der Waals surface area contributed by atoms with Gasteiger partial charge >= 0.3 is 0 Å². The molecule has 26 nitrogen and oxygen atoms in total. The molecule has 7 aliphatic rings. The summed E-state index contributed by atoms with van der Waals surface area (Å²) in [5.74, 6) is 6.63. The van der Waals surface area contributed by atoms with Crippen LogP contribution in [0.3, 0.4) is 0 Å². The standard InChI is InChI=1S/C19H19N5O.C16H20N6O.C16H15N3S.C15H13N3S.C14H13N3S2.C13H12N4S/c20-10-13-4-6-14(7-5-13)19(25)24-9-8-15(11-24)23-18-16-2-1-3-17(16)21-12-22-18;1-21-14(5-7-19-21)16(23)22-8-6-11(9-22)20-15-12-3-2-4-13(12)17-10-18-15;1-2-4-11(5-3-1)14(12-6-7-12)19-15-13-8-9-20-16(13)18-10-17-15;1-2-4-12-9-18(7-5-11(12)3-1)14-13-6-8-19-15(13)17-10-16-14;1-9-10-3-6-18-12(10)2-5-17(9)13-11-4-7-19-14(11)16-8-15-13;1-9(11-4-2-3-6-14-11)17-12-10-5-7-18-13(10)16-8-15-12/h4-7,12,15H,1-3,8-9,11H2,(H,21,22,23);5,7,10-11H,2-4,6,8-9H2,1H3,(H,17,18,20);1-5,8-10,12,14H,6-7H2,(H,17,18,19);1-4,6,8,10H,5,7,9H2;3-4,6-9H,2,5H2,1H3;2-9H,1H3,(H,15,16,17). The molecule has 17 heterocycles. The van der Waals surface area contributed by atoms with E-state index in [2.05, 4.69) is 221 Å². The minimum atomic E-state index is 0.0155. The maximum atomic E-state index is 12.6. The molecule has 124 heavy (non-hydrogen) atoms. The number of benzene rings is 3. The number of nitriles is 1. The number of thiophene rings is 5. The molecule has 1 saturated carbocycles. The van der Waals surface area contributed by atoms with Gasteiger partial charge in [0, 0.05) is 110 Å². The first-order valence-electron chi connectivity index (χ1n) is 42.1. The highest BCUT2D eigenvalue weighted by Crippen LogP contribution is 2.44. The molecule has 0 radical (unpaired) electrons. The molecule has 2 saturated heterocycles. The summed E-state index contributed by atoms with van der Waals surface area (Å²) in [7, 11) is 1.79. The molecule has 31 heteroatoms. The molecule has 3 aromatic carbocycles. The highest BCUT2D eigenvalue weighted by Gasteiger charge is 2.35. The third kappa shape index (κ3) is 18.8. The lowest BCUT2D eigenvalue weighted by atomic mass is 10.00. The quantitative estimate of drug-likeness (QED) is 0.0741. The predicted octanol–water partition coefficient (Wildman–Crippen LogP) is 17.8. The lowest BCUT2D eigenvalue weighted by molar-refractivity contribution is 0.0777. The summed E-state index contributed by atoms with van der Waals surface area (Å²) in [6.07, 6.45) is 26.4. The van der Waals surface area contributed by atoms with Crippen molar-refractivity contribution in [1.29, 1.82) is 5.26 Å². The van der Waals surface area contributed by atoms with Gasteiger partial charge in [0.2, 0.25) is 0 Å². The summed E-state index contributed by atoms with van der Waals surface area (Å²) < 4.78 is 1.63. The van der Waals surface area contributed by atoms with Crippen LogP contribution in [0.25, 0.3) is 40.9 Å². The smallest absolute Gasteiger partial charge is 0.272 e. The van der Waals surface area contributed by atoms with Gasteiger partial charge in [-0.25, -0.2) is 59.8 Å². The second kappa shape index (κ2) is 38.4. The minimum Gasteiger partial charge on any atom is -0.365 e. The fourth-order valence-electron chi connectivity index (χ4n) is 17.0. The van der Waals surface area contributed by atoms with Gasteiger partial charge < -0.3 is 40.9 Å². The molecule has 3 fully saturated rings. The average Bonchev–Trinajstić information content (AvgIpc) is 1.63. The van der Waals surface area contributed by atoms with Crippen molar-refractivity contribution in [2.24, 2.45) is 13.0 Å². The number of carbonyl (C=O) groups is 2. The molecule has 0 spiro atoms. The van der Waals surface area contributed by atoms with Gasteiger partial charge in [-0.3, -0.25) is 19.3 Å². The van der Waals surface area contributed by atoms with Gasteiger partial charge in [0.1, 0.15) is 97.9 Å². The first-order chi connectivity index (χ1) is 61.0. The Morgan fingerprint density at radius 1 is 0.484 bits per heavy atom. The third-order valence-electron chi connectivity index (χ3n) is 23.7. The van der Waals surface area contributed by atoms with Crippen molar-refractivity contribution in [1.82, 2.24) is 84.4 Å². The summed E-state index contributed by atoms with van der Waals surface area (Å²) in [6, 6.07) is 47.8. The minimum absolute atomic E-state index is 0.0155. The van der Waals surface area contributed by atoms with Crippen LogP contribution in [0.15, 0.2) is 211 Å². The average molecular weight is 1740 g/mol. The van der Waals surface area contributed by atoms with Gasteiger partial charge in [0.05, 0.1) is 57.0 Å². The topological polar surface area (TPSA) is 304 Å². The summed E-state index contributed by atoms with van der Waals surface area (Å²) in [5.41, 5.74) is 13.3. The van der Waals surface area contributed by atoms with E-state index in [1.165, 1.54) is 67.6 Å². The van der Waals surface area contributed by atoms with Crippen molar-refractivity contribution in [3.8, 4) is 6.07 Å². The first kappa shape index (κ1) is 82.2. The molecule has 13 aromatic heterocycles. The van der Waals surface area contributed by atoms with Crippen LogP contribution >= 0.6 is 56.7 Å². The van der Waals surface area contributed by atoms with Crippen LogP contribution in [0.4, 0.5) is 34.9 Å². The van der Waals surface area contributed by atoms with E-state index >= 15 is 0 Å². The number of nitrogens with zero attached hydrogens (tertiary/aromatic N) is 20. The van der Waals surface area contributed by atoms with Crippen LogP contribution < -0.4 is 31.1 Å². The maximum absolute atomic E-state index is 12.6. The number of pyridine rings is 1. The van der Waals surface area contributed by atoms with E-state index in [0.717, 1.165) is 179 Å². The van der Waals surface area contributed by atoms with Crippen molar-refractivity contribution >= 4 is 144 Å². The lowest BCUT2D eigenvalue weighted by Crippen LogP contribution is -2.33. The van der Waals surface area contributed by atoms with Gasteiger partial charge in [-0.05, 0) is 219 Å². The molecule has 4 N–H and O–H groups in total. The Balaban J connectivity index is 0.000000102. The van der Waals surface area contributed by atoms with Gasteiger partial charge in [-0.1, -0.05) is 60.7 Å². The molecule has 0 bridgehead atoms. The first-order valence-corrected chi connectivity index (χ1v) is 46.5. The number of hydrogen-bond donors (Lipinski definition) is 4. The highest BCUT2D eigenvalue weighted by atomic mass is 32.1. The summed E-state index contributed by atoms with van der Waals surface area (Å²) >= 11 is 8.50. The Hall–Kier alpha value is -12.7. The number of nitrogens with one attached hydrogen (secondary N) is 4. The number of amides is 2. The third-order valence-corrected chi connectivity index (χ3v) is 28.0. The van der Waals surface area contributed by atoms with Gasteiger partial charge in [0.25, 0.3) is 11.8 Å². The van der Waals surface area contributed by atoms with Crippen LogP contribution in [0.1, 0.15) is 152 Å². The molecule has 3 aliphatic carbocycles. The number of aryl methyl sites for hydroxylation is 3. The number of anilines is 6. The van der Waals surface area contributed by atoms with Crippen LogP contribution in [-0.4, -0.2) is 148 Å². The summed E-state index contributed by atoms with van der Waals surface area (Å²) in [5, 5.41) is 42.0. The largest absolute Gasteiger partial charge is 0.365 e. The second-order valence-electron chi connectivity index (χ2n) is 31.5. The molecule has 23 rings (SSSR count). The van der Waals surface area contributed by atoms with Crippen LogP contribution in [0, 0.1) is 17.2 Å². The zero-order chi connectivity index (χ0) is 84.2. The molecular formula is C93H92N24O2S5. The predicted molar refractivity (Wildman–Crippen MR) is 495 cm³/mol. The Morgan fingerprint density at radius 3 is 1.64 bits per heavy atom. The highest BCUT2D eigenvalue weighted by molar-refractivity contribution is 7.17. The number of rotatable bonds is 15. The van der Waals surface area contributed by atoms with Crippen molar-refractivity contribution in [3.05, 3.63) is 283 Å². The van der Waals surface area contributed by atoms with E-state index in [1.54, 1.807) is 138 Å². The van der Waals surface area contributed by atoms with E-state index in [0.29, 0.717) is 42.0 Å². The molecule has 5 atom stereocenters. The van der Waals surface area contributed by atoms with E-state index in [9.17, 15) is 9.59 Å². The monoisotopic (exact) mass is 1740 g/mol. The van der Waals surface area contributed by atoms with Crippen molar-refractivity contribution in [2.45, 2.75) is 128 Å². The fraction of sp³-hybridized carbons (Fsp3) is 0.301. The molecular weight excluding hydrogens is 1650 g/mol. The van der Waals surface area contributed by atoms with E-state index in [-0.39, 0.29) is 29.9 Å². The normalized spacial score (nSPS) is 17.0. The Labute approximate surface area is 738 Å². The van der Waals surface area contributed by atoms with Crippen LogP contribution in [-0.2, 0) is 52.1 Å². The molecule has 5 unspecified atom stereocenters. The maximum Gasteiger partial charge on any atom is 0.272 e.